The highest BCUT2D eigenvalue weighted by molar-refractivity contribution is 5.30. The maximum Gasteiger partial charge on any atom is 0.0853 e. The van der Waals surface area contributed by atoms with Crippen molar-refractivity contribution in [3.63, 3.8) is 0 Å². The third kappa shape index (κ3) is 2.91. The molecule has 18 heavy (non-hydrogen) atoms. The monoisotopic (exact) mass is 250 g/mol. The molecule has 0 spiro atoms. The normalized spacial score (nSPS) is 22.3. The number of hydrogen-bond donors (Lipinski definition) is 1. The van der Waals surface area contributed by atoms with Gasteiger partial charge in [0.1, 0.15) is 0 Å². The lowest BCUT2D eigenvalue weighted by molar-refractivity contribution is -0.0552. The van der Waals surface area contributed by atoms with Gasteiger partial charge in [0, 0.05) is 13.5 Å². The van der Waals surface area contributed by atoms with Crippen molar-refractivity contribution < 1.29 is 14.6 Å². The SMILES string of the molecule is CCC(OC)C(O)CC1OCCc2ccccc21. The average molecular weight is 250 g/mol. The van der Waals surface area contributed by atoms with Gasteiger partial charge in [-0.25, -0.2) is 0 Å². The van der Waals surface area contributed by atoms with Crippen LogP contribution in [0.1, 0.15) is 37.0 Å². The standard InChI is InChI=1S/C15H22O3/c1-3-14(17-2)13(16)10-15-12-7-5-4-6-11(12)8-9-18-15/h4-7,13-16H,3,8-10H2,1-2H3. The zero-order chi connectivity index (χ0) is 13.0. The number of aliphatic hydroxyl groups excluding tert-OH is 1. The first-order chi connectivity index (χ1) is 8.76. The van der Waals surface area contributed by atoms with E-state index in [1.54, 1.807) is 7.11 Å². The molecule has 0 saturated heterocycles. The van der Waals surface area contributed by atoms with Gasteiger partial charge in [0.25, 0.3) is 0 Å². The fourth-order valence-corrected chi connectivity index (χ4v) is 2.64. The number of fused-ring (bicyclic) bond motifs is 1. The molecule has 1 aliphatic heterocycles. The number of ether oxygens (including phenoxy) is 2. The maximum absolute atomic E-state index is 10.2. The average Bonchev–Trinajstić information content (AvgIpc) is 2.40. The van der Waals surface area contributed by atoms with Crippen LogP contribution in [0.3, 0.4) is 0 Å². The van der Waals surface area contributed by atoms with Gasteiger partial charge in [-0.1, -0.05) is 31.2 Å². The summed E-state index contributed by atoms with van der Waals surface area (Å²) >= 11 is 0. The Morgan fingerprint density at radius 1 is 1.44 bits per heavy atom. The summed E-state index contributed by atoms with van der Waals surface area (Å²) in [6.07, 6.45) is 1.78. The van der Waals surface area contributed by atoms with Crippen LogP contribution in [0, 0.1) is 0 Å². The molecule has 0 aliphatic carbocycles. The largest absolute Gasteiger partial charge is 0.390 e. The summed E-state index contributed by atoms with van der Waals surface area (Å²) in [6.45, 7) is 2.76. The fourth-order valence-electron chi connectivity index (χ4n) is 2.64. The van der Waals surface area contributed by atoms with E-state index in [1.807, 2.05) is 13.0 Å². The predicted molar refractivity (Wildman–Crippen MR) is 70.6 cm³/mol. The predicted octanol–water partition coefficient (Wildman–Crippen LogP) is 2.48. The molecule has 1 heterocycles. The number of aliphatic hydroxyl groups is 1. The Balaban J connectivity index is 2.07. The van der Waals surface area contributed by atoms with Crippen LogP contribution in [0.25, 0.3) is 0 Å². The van der Waals surface area contributed by atoms with Gasteiger partial charge in [-0.3, -0.25) is 0 Å². The lowest BCUT2D eigenvalue weighted by atomic mass is 9.92. The number of hydrogen-bond acceptors (Lipinski definition) is 3. The van der Waals surface area contributed by atoms with E-state index in [9.17, 15) is 5.11 Å². The number of rotatable bonds is 5. The van der Waals surface area contributed by atoms with E-state index in [0.29, 0.717) is 6.42 Å². The summed E-state index contributed by atoms with van der Waals surface area (Å²) in [7, 11) is 1.65. The summed E-state index contributed by atoms with van der Waals surface area (Å²) < 4.78 is 11.1. The Labute approximate surface area is 109 Å². The molecule has 3 atom stereocenters. The Hall–Kier alpha value is -0.900. The van der Waals surface area contributed by atoms with Gasteiger partial charge in [-0.05, 0) is 24.0 Å². The van der Waals surface area contributed by atoms with Crippen LogP contribution in [0.2, 0.25) is 0 Å². The first-order valence-electron chi connectivity index (χ1n) is 6.66. The first kappa shape index (κ1) is 13.5. The Morgan fingerprint density at radius 3 is 2.94 bits per heavy atom. The molecule has 0 aromatic heterocycles. The molecule has 0 fully saturated rings. The molecule has 1 N–H and O–H groups in total. The molecule has 100 valence electrons. The van der Waals surface area contributed by atoms with Crippen molar-refractivity contribution in [2.75, 3.05) is 13.7 Å². The molecule has 3 heteroatoms. The van der Waals surface area contributed by atoms with Crippen LogP contribution in [0.5, 0.6) is 0 Å². The molecule has 1 aliphatic rings. The Bertz CT molecular complexity index is 374. The summed E-state index contributed by atoms with van der Waals surface area (Å²) in [5.41, 5.74) is 2.56. The van der Waals surface area contributed by atoms with Gasteiger partial charge in [-0.2, -0.15) is 0 Å². The molecule has 1 aromatic carbocycles. The summed E-state index contributed by atoms with van der Waals surface area (Å²) in [6, 6.07) is 8.33. The van der Waals surface area contributed by atoms with Crippen molar-refractivity contribution in [3.05, 3.63) is 35.4 Å². The van der Waals surface area contributed by atoms with Crippen LogP contribution in [-0.2, 0) is 15.9 Å². The minimum atomic E-state index is -0.476. The third-order valence-corrected chi connectivity index (χ3v) is 3.68. The van der Waals surface area contributed by atoms with Gasteiger partial charge in [0.15, 0.2) is 0 Å². The van der Waals surface area contributed by atoms with Crippen LogP contribution in [0.15, 0.2) is 24.3 Å². The zero-order valence-electron chi connectivity index (χ0n) is 11.1. The van der Waals surface area contributed by atoms with Crippen molar-refractivity contribution in [1.82, 2.24) is 0 Å². The van der Waals surface area contributed by atoms with Crippen molar-refractivity contribution >= 4 is 0 Å². The van der Waals surface area contributed by atoms with Gasteiger partial charge >= 0.3 is 0 Å². The molecule has 0 radical (unpaired) electrons. The molecule has 3 unspecified atom stereocenters. The molecular weight excluding hydrogens is 228 g/mol. The van der Waals surface area contributed by atoms with E-state index in [4.69, 9.17) is 9.47 Å². The van der Waals surface area contributed by atoms with Crippen molar-refractivity contribution in [2.45, 2.75) is 44.5 Å². The van der Waals surface area contributed by atoms with E-state index < -0.39 is 6.10 Å². The number of benzene rings is 1. The Kier molecular flexibility index (Phi) is 4.75. The number of methoxy groups -OCH3 is 1. The summed E-state index contributed by atoms with van der Waals surface area (Å²) in [4.78, 5) is 0. The lowest BCUT2D eigenvalue weighted by Crippen LogP contribution is -2.31. The summed E-state index contributed by atoms with van der Waals surface area (Å²) in [5, 5.41) is 10.2. The second kappa shape index (κ2) is 6.32. The topological polar surface area (TPSA) is 38.7 Å². The second-order valence-corrected chi connectivity index (χ2v) is 4.79. The van der Waals surface area contributed by atoms with Gasteiger partial charge in [0.2, 0.25) is 0 Å². The quantitative estimate of drug-likeness (QED) is 0.872. The van der Waals surface area contributed by atoms with Crippen LogP contribution < -0.4 is 0 Å². The van der Waals surface area contributed by atoms with E-state index in [1.165, 1.54) is 11.1 Å². The van der Waals surface area contributed by atoms with Crippen LogP contribution in [-0.4, -0.2) is 31.0 Å². The Morgan fingerprint density at radius 2 is 2.22 bits per heavy atom. The lowest BCUT2D eigenvalue weighted by Gasteiger charge is -2.29. The minimum absolute atomic E-state index is 0.00542. The van der Waals surface area contributed by atoms with Crippen molar-refractivity contribution in [2.24, 2.45) is 0 Å². The highest BCUT2D eigenvalue weighted by Crippen LogP contribution is 2.31. The second-order valence-electron chi connectivity index (χ2n) is 4.79. The zero-order valence-corrected chi connectivity index (χ0v) is 11.1. The highest BCUT2D eigenvalue weighted by atomic mass is 16.5. The van der Waals surface area contributed by atoms with Crippen molar-refractivity contribution in [1.29, 1.82) is 0 Å². The van der Waals surface area contributed by atoms with Crippen LogP contribution in [0.4, 0.5) is 0 Å². The molecule has 0 amide bonds. The smallest absolute Gasteiger partial charge is 0.0853 e. The third-order valence-electron chi connectivity index (χ3n) is 3.68. The summed E-state index contributed by atoms with van der Waals surface area (Å²) in [5.74, 6) is 0. The van der Waals surface area contributed by atoms with E-state index in [-0.39, 0.29) is 12.2 Å². The highest BCUT2D eigenvalue weighted by Gasteiger charge is 2.26. The van der Waals surface area contributed by atoms with Crippen molar-refractivity contribution in [3.8, 4) is 0 Å². The van der Waals surface area contributed by atoms with E-state index in [2.05, 4.69) is 18.2 Å². The van der Waals surface area contributed by atoms with Gasteiger partial charge in [0.05, 0.1) is 24.9 Å². The van der Waals surface area contributed by atoms with Gasteiger partial charge in [-0.15, -0.1) is 0 Å². The van der Waals surface area contributed by atoms with Crippen LogP contribution >= 0.6 is 0 Å². The van der Waals surface area contributed by atoms with Gasteiger partial charge < -0.3 is 14.6 Å². The molecule has 3 nitrogen and oxygen atoms in total. The molecule has 0 saturated carbocycles. The molecular formula is C15H22O3. The first-order valence-corrected chi connectivity index (χ1v) is 6.66. The van der Waals surface area contributed by atoms with E-state index >= 15 is 0 Å². The maximum atomic E-state index is 10.2. The molecule has 0 bridgehead atoms. The molecule has 2 rings (SSSR count). The molecule has 1 aromatic rings. The fraction of sp³-hybridized carbons (Fsp3) is 0.600. The minimum Gasteiger partial charge on any atom is -0.390 e. The van der Waals surface area contributed by atoms with E-state index in [0.717, 1.165) is 19.4 Å².